The Morgan fingerprint density at radius 1 is 0.962 bits per heavy atom. The molecule has 1 N–H and O–H groups in total. The summed E-state index contributed by atoms with van der Waals surface area (Å²) in [7, 11) is -3.90. The summed E-state index contributed by atoms with van der Waals surface area (Å²) < 4.78 is 58.2. The van der Waals surface area contributed by atoms with E-state index in [0.717, 1.165) is 12.1 Å². The Balaban J connectivity index is 1.67. The van der Waals surface area contributed by atoms with E-state index in [4.69, 9.17) is 4.74 Å². The van der Waals surface area contributed by atoms with Crippen LogP contribution in [-0.4, -0.2) is 18.4 Å². The molecule has 1 heterocycles. The lowest BCUT2D eigenvalue weighted by Crippen LogP contribution is -2.15. The number of nitrogens with one attached hydrogen (secondary N) is 1. The molecule has 134 valence electrons. The first-order valence-electron chi connectivity index (χ1n) is 7.40. The molecule has 0 saturated heterocycles. The van der Waals surface area contributed by atoms with Gasteiger partial charge in [0, 0.05) is 6.07 Å². The molecule has 0 fully saturated rings. The second kappa shape index (κ2) is 7.44. The van der Waals surface area contributed by atoms with Gasteiger partial charge in [0.05, 0.1) is 23.8 Å². The van der Waals surface area contributed by atoms with Gasteiger partial charge < -0.3 is 4.74 Å². The second-order valence-corrected chi connectivity index (χ2v) is 7.03. The summed E-state index contributed by atoms with van der Waals surface area (Å²) in [5.74, 6) is -1.75. The average molecular weight is 377 g/mol. The van der Waals surface area contributed by atoms with Crippen LogP contribution in [0.1, 0.15) is 5.56 Å². The third-order valence-electron chi connectivity index (χ3n) is 3.13. The Hall–Kier alpha value is -3.07. The molecule has 0 aliphatic rings. The van der Waals surface area contributed by atoms with Crippen molar-refractivity contribution in [1.29, 1.82) is 0 Å². The van der Waals surface area contributed by atoms with Crippen molar-refractivity contribution in [3.63, 3.8) is 0 Å². The fourth-order valence-electron chi connectivity index (χ4n) is 2.14. The fourth-order valence-corrected chi connectivity index (χ4v) is 3.29. The lowest BCUT2D eigenvalue weighted by atomic mass is 10.2. The molecule has 0 bridgehead atoms. The van der Waals surface area contributed by atoms with Gasteiger partial charge in [-0.3, -0.25) is 4.72 Å². The maximum atomic E-state index is 13.2. The molecule has 0 unspecified atom stereocenters. The van der Waals surface area contributed by atoms with Gasteiger partial charge in [-0.2, -0.15) is 0 Å². The zero-order chi connectivity index (χ0) is 18.6. The van der Waals surface area contributed by atoms with Crippen LogP contribution in [0.5, 0.6) is 11.8 Å². The minimum atomic E-state index is -3.90. The molecule has 1 aromatic heterocycles. The first kappa shape index (κ1) is 17.7. The van der Waals surface area contributed by atoms with E-state index in [1.54, 1.807) is 24.3 Å². The van der Waals surface area contributed by atoms with Crippen LogP contribution in [0, 0.1) is 11.6 Å². The zero-order valence-electron chi connectivity index (χ0n) is 13.3. The first-order chi connectivity index (χ1) is 12.4. The van der Waals surface area contributed by atoms with Crippen molar-refractivity contribution in [2.75, 3.05) is 4.72 Å². The fraction of sp³-hybridized carbons (Fsp3) is 0.0588. The smallest absolute Gasteiger partial charge is 0.322 e. The third kappa shape index (κ3) is 4.96. The zero-order valence-corrected chi connectivity index (χ0v) is 14.1. The van der Waals surface area contributed by atoms with Gasteiger partial charge in [-0.15, -0.1) is 0 Å². The van der Waals surface area contributed by atoms with Crippen molar-refractivity contribution < 1.29 is 21.9 Å². The first-order valence-corrected chi connectivity index (χ1v) is 9.05. The van der Waals surface area contributed by atoms with Crippen LogP contribution in [-0.2, 0) is 15.8 Å². The lowest BCUT2D eigenvalue weighted by molar-refractivity contribution is 0.442. The molecular formula is C17H13F2N3O3S. The maximum Gasteiger partial charge on any atom is 0.322 e. The van der Waals surface area contributed by atoms with E-state index in [0.29, 0.717) is 11.8 Å². The van der Waals surface area contributed by atoms with Crippen molar-refractivity contribution in [3.8, 4) is 11.8 Å². The third-order valence-corrected chi connectivity index (χ3v) is 4.39. The highest BCUT2D eigenvalue weighted by atomic mass is 32.2. The van der Waals surface area contributed by atoms with E-state index >= 15 is 0 Å². The van der Waals surface area contributed by atoms with Crippen molar-refractivity contribution >= 4 is 15.7 Å². The molecule has 0 spiro atoms. The van der Waals surface area contributed by atoms with Gasteiger partial charge in [0.15, 0.2) is 0 Å². The number of nitrogens with zero attached hydrogens (tertiary/aromatic N) is 2. The molecule has 0 radical (unpaired) electrons. The average Bonchev–Trinajstić information content (AvgIpc) is 2.56. The van der Waals surface area contributed by atoms with Crippen molar-refractivity contribution in [2.24, 2.45) is 0 Å². The van der Waals surface area contributed by atoms with Crippen LogP contribution < -0.4 is 9.46 Å². The molecule has 3 aromatic rings. The highest BCUT2D eigenvalue weighted by molar-refractivity contribution is 7.91. The second-order valence-electron chi connectivity index (χ2n) is 5.31. The summed E-state index contributed by atoms with van der Waals surface area (Å²) >= 11 is 0. The number of sulfonamides is 1. The summed E-state index contributed by atoms with van der Waals surface area (Å²) in [5, 5.41) is 0. The predicted octanol–water partition coefficient (Wildman–Crippen LogP) is 3.49. The molecule has 0 aliphatic heterocycles. The monoisotopic (exact) mass is 377 g/mol. The van der Waals surface area contributed by atoms with E-state index < -0.39 is 27.4 Å². The van der Waals surface area contributed by atoms with E-state index in [2.05, 4.69) is 14.7 Å². The van der Waals surface area contributed by atoms with Crippen LogP contribution in [0.4, 0.5) is 14.5 Å². The highest BCUT2D eigenvalue weighted by Gasteiger charge is 2.14. The minimum absolute atomic E-state index is 0.0139. The number of benzene rings is 2. The van der Waals surface area contributed by atoms with Gasteiger partial charge in [-0.1, -0.05) is 18.2 Å². The largest absolute Gasteiger partial charge is 0.424 e. The number of ether oxygens (including phenoxy) is 1. The summed E-state index contributed by atoms with van der Waals surface area (Å²) in [6.07, 6.45) is 2.46. The van der Waals surface area contributed by atoms with E-state index in [1.807, 2.05) is 6.07 Å². The van der Waals surface area contributed by atoms with Crippen LogP contribution in [0.15, 0.2) is 60.9 Å². The summed E-state index contributed by atoms with van der Waals surface area (Å²) in [6.45, 7) is 0. The Bertz CT molecular complexity index is 977. The van der Waals surface area contributed by atoms with Gasteiger partial charge in [-0.25, -0.2) is 27.2 Å². The Kier molecular flexibility index (Phi) is 5.08. The molecule has 2 aromatic carbocycles. The van der Waals surface area contributed by atoms with E-state index in [-0.39, 0.29) is 17.3 Å². The van der Waals surface area contributed by atoms with Crippen LogP contribution in [0.25, 0.3) is 0 Å². The SMILES string of the molecule is O=S(=O)(Cc1cc(F)cc(F)c1)Nc1cnc(Oc2ccccc2)nc1. The van der Waals surface area contributed by atoms with Gasteiger partial charge in [0.25, 0.3) is 0 Å². The summed E-state index contributed by atoms with van der Waals surface area (Å²) in [6, 6.07) is 11.5. The number of rotatable bonds is 6. The van der Waals surface area contributed by atoms with E-state index in [1.165, 1.54) is 12.4 Å². The Labute approximate surface area is 148 Å². The number of aromatic nitrogens is 2. The molecule has 3 rings (SSSR count). The highest BCUT2D eigenvalue weighted by Crippen LogP contribution is 2.18. The molecule has 6 nitrogen and oxygen atoms in total. The molecule has 26 heavy (non-hydrogen) atoms. The predicted molar refractivity (Wildman–Crippen MR) is 91.2 cm³/mol. The van der Waals surface area contributed by atoms with Gasteiger partial charge in [-0.05, 0) is 29.8 Å². The molecule has 0 aliphatic carbocycles. The van der Waals surface area contributed by atoms with Gasteiger partial charge in [0.2, 0.25) is 10.0 Å². The minimum Gasteiger partial charge on any atom is -0.424 e. The molecule has 0 saturated carbocycles. The summed E-state index contributed by atoms with van der Waals surface area (Å²) in [5.41, 5.74) is 0.0854. The molecule has 0 atom stereocenters. The molecule has 0 amide bonds. The number of hydrogen-bond donors (Lipinski definition) is 1. The van der Waals surface area contributed by atoms with Crippen LogP contribution >= 0.6 is 0 Å². The van der Waals surface area contributed by atoms with Crippen molar-refractivity contribution in [1.82, 2.24) is 9.97 Å². The number of halogens is 2. The van der Waals surface area contributed by atoms with E-state index in [9.17, 15) is 17.2 Å². The van der Waals surface area contributed by atoms with Gasteiger partial charge >= 0.3 is 6.01 Å². The normalized spacial score (nSPS) is 11.2. The topological polar surface area (TPSA) is 81.2 Å². The Morgan fingerprint density at radius 2 is 1.58 bits per heavy atom. The number of anilines is 1. The maximum absolute atomic E-state index is 13.2. The quantitative estimate of drug-likeness (QED) is 0.711. The number of hydrogen-bond acceptors (Lipinski definition) is 5. The molecule has 9 heteroatoms. The van der Waals surface area contributed by atoms with Crippen molar-refractivity contribution in [2.45, 2.75) is 5.75 Å². The number of para-hydroxylation sites is 1. The van der Waals surface area contributed by atoms with Crippen molar-refractivity contribution in [3.05, 3.63) is 78.1 Å². The van der Waals surface area contributed by atoms with Gasteiger partial charge in [0.1, 0.15) is 17.4 Å². The lowest BCUT2D eigenvalue weighted by Gasteiger charge is -2.08. The molecular weight excluding hydrogens is 364 g/mol. The standard InChI is InChI=1S/C17H13F2N3O3S/c18-13-6-12(7-14(19)8-13)11-26(23,24)22-15-9-20-17(21-10-15)25-16-4-2-1-3-5-16/h1-10,22H,11H2. The summed E-state index contributed by atoms with van der Waals surface area (Å²) in [4.78, 5) is 7.83. The van der Waals surface area contributed by atoms with Crippen LogP contribution in [0.2, 0.25) is 0 Å². The van der Waals surface area contributed by atoms with Crippen LogP contribution in [0.3, 0.4) is 0 Å². The Morgan fingerprint density at radius 3 is 2.19 bits per heavy atom.